The number of ether oxygens (including phenoxy) is 1. The molecule has 7 nitrogen and oxygen atoms in total. The van der Waals surface area contributed by atoms with E-state index >= 15 is 0 Å². The molecular weight excluding hydrogens is 521 g/mol. The van der Waals surface area contributed by atoms with Gasteiger partial charge in [-0.3, -0.25) is 0 Å². The zero-order valence-electron chi connectivity index (χ0n) is 24.8. The molecule has 1 rings (SSSR count). The van der Waals surface area contributed by atoms with Gasteiger partial charge in [-0.1, -0.05) is 13.8 Å². The van der Waals surface area contributed by atoms with Crippen molar-refractivity contribution in [2.45, 2.75) is 105 Å². The summed E-state index contributed by atoms with van der Waals surface area (Å²) in [6.45, 7) is 26.8. The molecule has 1 aliphatic carbocycles. The first-order valence-corrected chi connectivity index (χ1v) is 25.2. The topological polar surface area (TPSA) is 89.8 Å². The van der Waals surface area contributed by atoms with Crippen LogP contribution >= 0.6 is 0 Å². The van der Waals surface area contributed by atoms with Crippen LogP contribution in [0.5, 0.6) is 0 Å². The molecule has 0 aromatic heterocycles. The number of rotatable bonds is 13. The molecule has 0 spiro atoms. The van der Waals surface area contributed by atoms with Crippen molar-refractivity contribution >= 4 is 39.7 Å². The molecule has 0 bridgehead atoms. The van der Waals surface area contributed by atoms with Gasteiger partial charge in [-0.05, 0) is 108 Å². The predicted octanol–water partition coefficient (Wildman–Crippen LogP) is 6.55. The number of carbonyl (C=O) groups is 1. The SMILES string of the molecule is CCOC(=O)/C(C#N)=C1\C=C(NCCC[Si](C)(O[Si](C)(C)C)O[Si](C)(C)O[Si](C)(C)C)CC(C)(C)C1. The molecule has 0 saturated carbocycles. The van der Waals surface area contributed by atoms with Crippen molar-refractivity contribution in [2.75, 3.05) is 13.2 Å². The second-order valence-corrected chi connectivity index (χ2v) is 29.5. The first-order chi connectivity index (χ1) is 16.2. The first-order valence-electron chi connectivity index (χ1n) is 13.1. The average molecular weight is 571 g/mol. The van der Waals surface area contributed by atoms with Crippen LogP contribution < -0.4 is 5.32 Å². The van der Waals surface area contributed by atoms with Crippen LogP contribution in [-0.4, -0.2) is 52.9 Å². The van der Waals surface area contributed by atoms with E-state index in [1.54, 1.807) is 6.92 Å². The summed E-state index contributed by atoms with van der Waals surface area (Å²) in [6, 6.07) is 2.94. The lowest BCUT2D eigenvalue weighted by atomic mass is 9.76. The van der Waals surface area contributed by atoms with Gasteiger partial charge >= 0.3 is 23.1 Å². The monoisotopic (exact) mass is 570 g/mol. The van der Waals surface area contributed by atoms with Gasteiger partial charge < -0.3 is 22.4 Å². The molecule has 0 amide bonds. The van der Waals surface area contributed by atoms with Crippen molar-refractivity contribution < 1.29 is 21.9 Å². The number of esters is 1. The van der Waals surface area contributed by atoms with Crippen molar-refractivity contribution in [3.05, 3.63) is 22.9 Å². The quantitative estimate of drug-likeness (QED) is 0.0883. The van der Waals surface area contributed by atoms with Gasteiger partial charge in [0.05, 0.1) is 6.61 Å². The van der Waals surface area contributed by atoms with Gasteiger partial charge in [0.1, 0.15) is 11.6 Å². The van der Waals surface area contributed by atoms with E-state index in [0.29, 0.717) is 6.42 Å². The summed E-state index contributed by atoms with van der Waals surface area (Å²) >= 11 is 0. The van der Waals surface area contributed by atoms with Crippen LogP contribution in [0.2, 0.25) is 65.0 Å². The Kier molecular flexibility index (Phi) is 11.6. The number of allylic oxidation sites excluding steroid dienone is 3. The summed E-state index contributed by atoms with van der Waals surface area (Å²) in [5.41, 5.74) is 1.84. The molecule has 1 unspecified atom stereocenters. The summed E-state index contributed by atoms with van der Waals surface area (Å²) in [6.07, 6.45) is 4.40. The predicted molar refractivity (Wildman–Crippen MR) is 157 cm³/mol. The maximum atomic E-state index is 12.3. The summed E-state index contributed by atoms with van der Waals surface area (Å²) in [5, 5.41) is 13.2. The summed E-state index contributed by atoms with van der Waals surface area (Å²) in [5.74, 6) is -0.543. The second-order valence-electron chi connectivity index (χ2n) is 13.0. The fraction of sp³-hybridized carbons (Fsp3) is 0.760. The lowest BCUT2D eigenvalue weighted by Crippen LogP contribution is -2.56. The van der Waals surface area contributed by atoms with Crippen molar-refractivity contribution in [2.24, 2.45) is 5.41 Å². The molecule has 1 aliphatic rings. The average Bonchev–Trinajstić information content (AvgIpc) is 2.60. The van der Waals surface area contributed by atoms with E-state index < -0.39 is 39.7 Å². The second kappa shape index (κ2) is 12.7. The minimum Gasteiger partial charge on any atom is -0.462 e. The van der Waals surface area contributed by atoms with E-state index in [2.05, 4.69) is 84.2 Å². The zero-order valence-corrected chi connectivity index (χ0v) is 28.8. The maximum Gasteiger partial charge on any atom is 0.349 e. The Balaban J connectivity index is 2.98. The van der Waals surface area contributed by atoms with Gasteiger partial charge in [0.2, 0.25) is 0 Å². The van der Waals surface area contributed by atoms with Gasteiger partial charge in [-0.15, -0.1) is 0 Å². The van der Waals surface area contributed by atoms with Crippen molar-refractivity contribution in [3.8, 4) is 6.07 Å². The lowest BCUT2D eigenvalue weighted by Gasteiger charge is -2.41. The third kappa shape index (κ3) is 12.5. The highest BCUT2D eigenvalue weighted by atomic mass is 28.5. The van der Waals surface area contributed by atoms with E-state index in [1.165, 1.54) is 0 Å². The largest absolute Gasteiger partial charge is 0.462 e. The maximum absolute atomic E-state index is 12.3. The van der Waals surface area contributed by atoms with Gasteiger partial charge in [0.25, 0.3) is 0 Å². The Labute approximate surface area is 224 Å². The number of carbonyl (C=O) groups excluding carboxylic acids is 1. The molecule has 0 fully saturated rings. The fourth-order valence-electron chi connectivity index (χ4n) is 4.84. The number of hydrogen-bond acceptors (Lipinski definition) is 7. The van der Waals surface area contributed by atoms with Gasteiger partial charge in [0, 0.05) is 12.2 Å². The molecule has 0 aromatic carbocycles. The van der Waals surface area contributed by atoms with Crippen molar-refractivity contribution in [3.63, 3.8) is 0 Å². The summed E-state index contributed by atoms with van der Waals surface area (Å²) in [7, 11) is -8.30. The molecule has 0 aliphatic heterocycles. The van der Waals surface area contributed by atoms with E-state index in [1.807, 2.05) is 6.08 Å². The van der Waals surface area contributed by atoms with Crippen LogP contribution in [0.15, 0.2) is 22.9 Å². The number of nitrogens with one attached hydrogen (secondary N) is 1. The molecule has 0 aromatic rings. The lowest BCUT2D eigenvalue weighted by molar-refractivity contribution is -0.138. The molecule has 1 atom stereocenters. The first kappa shape index (κ1) is 33.0. The van der Waals surface area contributed by atoms with Crippen molar-refractivity contribution in [1.82, 2.24) is 5.32 Å². The molecule has 1 N–H and O–H groups in total. The number of nitrogens with zero attached hydrogens (tertiary/aromatic N) is 1. The van der Waals surface area contributed by atoms with Crippen LogP contribution in [0.1, 0.15) is 40.0 Å². The van der Waals surface area contributed by atoms with E-state index in [9.17, 15) is 10.1 Å². The number of nitriles is 1. The Morgan fingerprint density at radius 3 is 2.08 bits per heavy atom. The third-order valence-electron chi connectivity index (χ3n) is 5.29. The molecule has 11 heteroatoms. The van der Waals surface area contributed by atoms with Crippen molar-refractivity contribution in [1.29, 1.82) is 5.26 Å². The highest BCUT2D eigenvalue weighted by Crippen LogP contribution is 2.38. The molecule has 36 heavy (non-hydrogen) atoms. The summed E-state index contributed by atoms with van der Waals surface area (Å²) < 4.78 is 25.1. The van der Waals surface area contributed by atoms with Crippen LogP contribution in [0.25, 0.3) is 0 Å². The molecule has 206 valence electrons. The minimum atomic E-state index is -2.45. The van der Waals surface area contributed by atoms with Crippen LogP contribution in [0.4, 0.5) is 0 Å². The van der Waals surface area contributed by atoms with Gasteiger partial charge in [0.15, 0.2) is 16.6 Å². The zero-order chi connectivity index (χ0) is 28.0. The Bertz CT molecular complexity index is 882. The Hall–Kier alpha value is -1.01. The van der Waals surface area contributed by atoms with Gasteiger partial charge in [-0.2, -0.15) is 5.26 Å². The summed E-state index contributed by atoms with van der Waals surface area (Å²) in [4.78, 5) is 12.3. The normalized spacial score (nSPS) is 19.6. The van der Waals surface area contributed by atoms with E-state index in [-0.39, 0.29) is 17.6 Å². The Morgan fingerprint density at radius 2 is 1.58 bits per heavy atom. The van der Waals surface area contributed by atoms with Crippen LogP contribution in [-0.2, 0) is 21.9 Å². The highest BCUT2D eigenvalue weighted by Gasteiger charge is 2.44. The highest BCUT2D eigenvalue weighted by molar-refractivity contribution is 6.89. The van der Waals surface area contributed by atoms with Gasteiger partial charge in [-0.25, -0.2) is 4.79 Å². The molecule has 0 radical (unpaired) electrons. The fourth-order valence-corrected chi connectivity index (χ4v) is 22.8. The Morgan fingerprint density at radius 1 is 1.00 bits per heavy atom. The standard InChI is InChI=1S/C25H50N2O5Si4/c1-13-29-24(28)23(20-26)21-17-22(19-25(2,3)18-21)27-15-14-16-36(12,31-34(7,8)9)32-35(10,11)30-33(4,5)6/h17,27H,13-16,18-19H2,1-12H3/b23-21+. The smallest absolute Gasteiger partial charge is 0.349 e. The molecule has 0 saturated heterocycles. The van der Waals surface area contributed by atoms with Crippen LogP contribution in [0.3, 0.4) is 0 Å². The van der Waals surface area contributed by atoms with Crippen LogP contribution in [0, 0.1) is 16.7 Å². The van der Waals surface area contributed by atoms with E-state index in [4.69, 9.17) is 17.1 Å². The molecule has 0 heterocycles. The number of hydrogen-bond donors (Lipinski definition) is 1. The third-order valence-corrected chi connectivity index (χ3v) is 18.8. The molecular formula is C25H50N2O5Si4. The van der Waals surface area contributed by atoms with E-state index in [0.717, 1.165) is 36.7 Å². The minimum absolute atomic E-state index is 0.0574.